The van der Waals surface area contributed by atoms with Gasteiger partial charge in [0.25, 0.3) is 0 Å². The lowest BCUT2D eigenvalue weighted by atomic mass is 9.75. The summed E-state index contributed by atoms with van der Waals surface area (Å²) in [4.78, 5) is 44.2. The first-order valence-corrected chi connectivity index (χ1v) is 10.3. The first-order valence-electron chi connectivity index (χ1n) is 10.3. The number of carbonyl (C=O) groups is 3. The highest BCUT2D eigenvalue weighted by atomic mass is 16.5. The summed E-state index contributed by atoms with van der Waals surface area (Å²) in [5.41, 5.74) is 0.951. The number of nitrogens with one attached hydrogen (secondary N) is 1. The second kappa shape index (κ2) is 5.92. The average molecular weight is 403 g/mol. The van der Waals surface area contributed by atoms with Crippen LogP contribution in [0.4, 0.5) is 11.4 Å². The van der Waals surface area contributed by atoms with Gasteiger partial charge in [-0.3, -0.25) is 19.3 Å². The third-order valence-corrected chi connectivity index (χ3v) is 7.23. The molecule has 0 bridgehead atoms. The Labute approximate surface area is 173 Å². The van der Waals surface area contributed by atoms with Gasteiger partial charge in [0.05, 0.1) is 24.6 Å². The lowest BCUT2D eigenvalue weighted by Crippen LogP contribution is -2.54. The fraction of sp³-hybridized carbons (Fsp3) is 0.348. The highest BCUT2D eigenvalue weighted by Crippen LogP contribution is 2.60. The molecule has 30 heavy (non-hydrogen) atoms. The van der Waals surface area contributed by atoms with Crippen LogP contribution < -0.4 is 15.0 Å². The fourth-order valence-electron chi connectivity index (χ4n) is 6.14. The number of benzene rings is 2. The number of methoxy groups -OCH3 is 1. The van der Waals surface area contributed by atoms with Crippen molar-refractivity contribution < 1.29 is 19.1 Å². The number of nitrogens with zero attached hydrogens (tertiary/aromatic N) is 2. The number of imide groups is 1. The molecule has 3 fully saturated rings. The molecule has 4 heterocycles. The Morgan fingerprint density at radius 2 is 1.80 bits per heavy atom. The number of carbonyl (C=O) groups excluding carboxylic acids is 3. The minimum atomic E-state index is -1.11. The van der Waals surface area contributed by atoms with Crippen LogP contribution in [0, 0.1) is 11.8 Å². The van der Waals surface area contributed by atoms with Crippen LogP contribution in [0.3, 0.4) is 0 Å². The molecule has 2 aromatic rings. The number of hydrogen-bond donors (Lipinski definition) is 1. The van der Waals surface area contributed by atoms with Crippen molar-refractivity contribution in [2.45, 2.75) is 24.4 Å². The molecule has 3 saturated heterocycles. The van der Waals surface area contributed by atoms with E-state index in [-0.39, 0.29) is 23.8 Å². The van der Waals surface area contributed by atoms with Crippen LogP contribution in [0.25, 0.3) is 0 Å². The Balaban J connectivity index is 1.52. The van der Waals surface area contributed by atoms with Crippen LogP contribution in [-0.4, -0.2) is 42.3 Å². The maximum Gasteiger partial charge on any atom is 0.250 e. The van der Waals surface area contributed by atoms with Crippen LogP contribution in [0.2, 0.25) is 0 Å². The first-order chi connectivity index (χ1) is 14.6. The van der Waals surface area contributed by atoms with Gasteiger partial charge in [-0.25, -0.2) is 4.90 Å². The van der Waals surface area contributed by atoms with Crippen LogP contribution in [0.1, 0.15) is 18.4 Å². The molecule has 4 aliphatic heterocycles. The third-order valence-electron chi connectivity index (χ3n) is 7.23. The molecule has 0 unspecified atom stereocenters. The second-order valence-corrected chi connectivity index (χ2v) is 8.38. The number of fused-ring (bicyclic) bond motifs is 7. The molecule has 0 saturated carbocycles. The highest BCUT2D eigenvalue weighted by molar-refractivity contribution is 6.25. The summed E-state index contributed by atoms with van der Waals surface area (Å²) < 4.78 is 5.20. The molecule has 7 heteroatoms. The summed E-state index contributed by atoms with van der Waals surface area (Å²) in [6.45, 7) is 0.711. The summed E-state index contributed by atoms with van der Waals surface area (Å²) >= 11 is 0. The molecule has 0 radical (unpaired) electrons. The Kier molecular flexibility index (Phi) is 3.48. The normalized spacial score (nSPS) is 31.8. The van der Waals surface area contributed by atoms with Crippen molar-refractivity contribution >= 4 is 29.1 Å². The van der Waals surface area contributed by atoms with Gasteiger partial charge in [0.15, 0.2) is 0 Å². The van der Waals surface area contributed by atoms with E-state index >= 15 is 0 Å². The highest BCUT2D eigenvalue weighted by Gasteiger charge is 2.74. The Morgan fingerprint density at radius 1 is 1.03 bits per heavy atom. The van der Waals surface area contributed by atoms with Gasteiger partial charge in [0, 0.05) is 17.3 Å². The van der Waals surface area contributed by atoms with E-state index in [1.807, 2.05) is 24.3 Å². The minimum absolute atomic E-state index is 0.105. The molecule has 1 spiro atoms. The lowest BCUT2D eigenvalue weighted by Gasteiger charge is -2.36. The summed E-state index contributed by atoms with van der Waals surface area (Å²) in [6.07, 6.45) is 1.73. The van der Waals surface area contributed by atoms with Gasteiger partial charge in [-0.1, -0.05) is 18.2 Å². The quantitative estimate of drug-likeness (QED) is 0.778. The van der Waals surface area contributed by atoms with E-state index < -0.39 is 17.4 Å². The van der Waals surface area contributed by atoms with Crippen molar-refractivity contribution in [1.82, 2.24) is 4.90 Å². The lowest BCUT2D eigenvalue weighted by molar-refractivity contribution is -0.135. The molecule has 0 aliphatic carbocycles. The van der Waals surface area contributed by atoms with Crippen molar-refractivity contribution in [3.8, 4) is 5.75 Å². The van der Waals surface area contributed by atoms with Gasteiger partial charge < -0.3 is 10.1 Å². The molecule has 152 valence electrons. The largest absolute Gasteiger partial charge is 0.497 e. The molecule has 3 amide bonds. The van der Waals surface area contributed by atoms with Gasteiger partial charge in [-0.2, -0.15) is 0 Å². The molecule has 2 aromatic carbocycles. The predicted octanol–water partition coefficient (Wildman–Crippen LogP) is 2.13. The fourth-order valence-corrected chi connectivity index (χ4v) is 6.14. The number of hydrogen-bond acceptors (Lipinski definition) is 5. The molecule has 7 nitrogen and oxygen atoms in total. The SMILES string of the molecule is COc1ccc(N2C(=O)[C@H]3[C@@H]4CCCN4[C@@]4(C(=O)Nc5ccccc54)[C@H]3C2=O)cc1. The Morgan fingerprint density at radius 3 is 2.57 bits per heavy atom. The maximum absolute atomic E-state index is 13.8. The summed E-state index contributed by atoms with van der Waals surface area (Å²) in [6, 6.07) is 14.3. The number of amides is 3. The van der Waals surface area contributed by atoms with Crippen molar-refractivity contribution in [3.63, 3.8) is 0 Å². The van der Waals surface area contributed by atoms with E-state index in [9.17, 15) is 14.4 Å². The molecule has 0 aromatic heterocycles. The van der Waals surface area contributed by atoms with Crippen molar-refractivity contribution in [1.29, 1.82) is 0 Å². The summed E-state index contributed by atoms with van der Waals surface area (Å²) in [5.74, 6) is -1.28. The van der Waals surface area contributed by atoms with Crippen LogP contribution in [0.5, 0.6) is 5.75 Å². The maximum atomic E-state index is 13.8. The van der Waals surface area contributed by atoms with Gasteiger partial charge in [0.2, 0.25) is 17.7 Å². The smallest absolute Gasteiger partial charge is 0.250 e. The zero-order valence-electron chi connectivity index (χ0n) is 16.5. The van der Waals surface area contributed by atoms with Gasteiger partial charge in [0.1, 0.15) is 11.3 Å². The summed E-state index contributed by atoms with van der Waals surface area (Å²) in [7, 11) is 1.57. The molecule has 4 atom stereocenters. The third kappa shape index (κ3) is 1.91. The van der Waals surface area contributed by atoms with E-state index in [4.69, 9.17) is 4.74 Å². The molecular formula is C23H21N3O4. The van der Waals surface area contributed by atoms with Crippen LogP contribution in [0.15, 0.2) is 48.5 Å². The van der Waals surface area contributed by atoms with E-state index in [2.05, 4.69) is 10.2 Å². The zero-order chi connectivity index (χ0) is 20.6. The Hall–Kier alpha value is -3.19. The second-order valence-electron chi connectivity index (χ2n) is 8.38. The Bertz CT molecular complexity index is 1100. The van der Waals surface area contributed by atoms with Crippen molar-refractivity contribution in [2.75, 3.05) is 23.9 Å². The van der Waals surface area contributed by atoms with Crippen LogP contribution in [-0.2, 0) is 19.9 Å². The molecule has 4 aliphatic rings. The summed E-state index contributed by atoms with van der Waals surface area (Å²) in [5, 5.41) is 2.98. The number of rotatable bonds is 2. The van der Waals surface area contributed by atoms with E-state index in [0.29, 0.717) is 18.0 Å². The number of ether oxygens (including phenoxy) is 1. The number of anilines is 2. The molecule has 1 N–H and O–H groups in total. The predicted molar refractivity (Wildman–Crippen MR) is 109 cm³/mol. The van der Waals surface area contributed by atoms with E-state index in [1.54, 1.807) is 31.4 Å². The number of para-hydroxylation sites is 1. The molecular weight excluding hydrogens is 382 g/mol. The van der Waals surface area contributed by atoms with Gasteiger partial charge in [-0.05, 0) is 49.7 Å². The topological polar surface area (TPSA) is 79.0 Å². The van der Waals surface area contributed by atoms with Crippen molar-refractivity contribution in [3.05, 3.63) is 54.1 Å². The minimum Gasteiger partial charge on any atom is -0.497 e. The van der Waals surface area contributed by atoms with Crippen LogP contribution >= 0.6 is 0 Å². The zero-order valence-corrected chi connectivity index (χ0v) is 16.5. The van der Waals surface area contributed by atoms with E-state index in [0.717, 1.165) is 24.1 Å². The average Bonchev–Trinajstić information content (AvgIpc) is 3.46. The monoisotopic (exact) mass is 403 g/mol. The van der Waals surface area contributed by atoms with Crippen molar-refractivity contribution in [2.24, 2.45) is 11.8 Å². The molecule has 6 rings (SSSR count). The standard InChI is InChI=1S/C23H21N3O4/c1-30-14-10-8-13(9-11-14)26-20(27)18-17-7-4-12-25(17)23(19(18)21(26)28)15-5-2-3-6-16(15)24-22(23)29/h2-3,5-6,8-11,17-19H,4,7,12H2,1H3,(H,24,29)/t17-,18-,19+,23+/m0/s1. The van der Waals surface area contributed by atoms with Gasteiger partial charge in [-0.15, -0.1) is 0 Å². The first kappa shape index (κ1) is 17.7. The van der Waals surface area contributed by atoms with E-state index in [1.165, 1.54) is 4.90 Å². The van der Waals surface area contributed by atoms with Gasteiger partial charge >= 0.3 is 0 Å².